The Morgan fingerprint density at radius 1 is 1.27 bits per heavy atom. The molecule has 2 heterocycles. The Balaban J connectivity index is 1.73. The fraction of sp³-hybridized carbons (Fsp3) is 0.526. The average molecular weight is 375 g/mol. The van der Waals surface area contributed by atoms with Gasteiger partial charge in [0.1, 0.15) is 10.6 Å². The number of methoxy groups -OCH3 is 1. The van der Waals surface area contributed by atoms with Crippen LogP contribution in [-0.4, -0.2) is 47.1 Å². The molecule has 0 radical (unpaired) electrons. The lowest BCUT2D eigenvalue weighted by atomic mass is 10.0. The molecule has 3 rings (SSSR count). The maximum absolute atomic E-state index is 12.6. The summed E-state index contributed by atoms with van der Waals surface area (Å²) < 4.78 is 9.19. The van der Waals surface area contributed by atoms with Crippen LogP contribution in [0.5, 0.6) is 5.75 Å². The van der Waals surface area contributed by atoms with Crippen molar-refractivity contribution in [3.63, 3.8) is 0 Å². The van der Waals surface area contributed by atoms with Gasteiger partial charge in [0.15, 0.2) is 0 Å². The normalized spacial score (nSPS) is 16.2. The van der Waals surface area contributed by atoms with Crippen molar-refractivity contribution in [2.24, 2.45) is 0 Å². The van der Waals surface area contributed by atoms with Crippen LogP contribution in [0.4, 0.5) is 0 Å². The molecule has 1 N–H and O–H groups in total. The summed E-state index contributed by atoms with van der Waals surface area (Å²) in [7, 11) is 1.67. The zero-order valence-corrected chi connectivity index (χ0v) is 16.2. The van der Waals surface area contributed by atoms with Crippen molar-refractivity contribution in [2.45, 2.75) is 38.6 Å². The lowest BCUT2D eigenvalue weighted by molar-refractivity contribution is 0.0927. The van der Waals surface area contributed by atoms with E-state index >= 15 is 0 Å². The van der Waals surface area contributed by atoms with Crippen LogP contribution in [0.2, 0.25) is 0 Å². The van der Waals surface area contributed by atoms with E-state index in [1.54, 1.807) is 7.11 Å². The third-order valence-electron chi connectivity index (χ3n) is 4.88. The Bertz CT molecular complexity index is 711. The molecule has 1 atom stereocenters. The summed E-state index contributed by atoms with van der Waals surface area (Å²) in [4.78, 5) is 15.7. The number of nitrogens with one attached hydrogen (secondary N) is 1. The number of benzene rings is 1. The number of amides is 1. The number of likely N-dealkylation sites (tertiary alicyclic amines) is 1. The molecular weight excluding hydrogens is 348 g/mol. The Morgan fingerprint density at radius 3 is 2.65 bits per heavy atom. The molecule has 1 aliphatic rings. The zero-order valence-electron chi connectivity index (χ0n) is 15.4. The van der Waals surface area contributed by atoms with Crippen LogP contribution in [-0.2, 0) is 6.42 Å². The topological polar surface area (TPSA) is 67.3 Å². The van der Waals surface area contributed by atoms with Crippen molar-refractivity contribution in [3.8, 4) is 5.75 Å². The van der Waals surface area contributed by atoms with Crippen LogP contribution in [0.15, 0.2) is 24.3 Å². The molecule has 140 valence electrons. The SMILES string of the molecule is CCc1nnsc1C(=O)NCC(c1ccc(OC)cc1)N1CCCCC1. The van der Waals surface area contributed by atoms with Crippen molar-refractivity contribution in [1.82, 2.24) is 19.8 Å². The smallest absolute Gasteiger partial charge is 0.265 e. The van der Waals surface area contributed by atoms with Crippen molar-refractivity contribution in [2.75, 3.05) is 26.7 Å². The molecule has 2 aromatic rings. The molecule has 1 saturated heterocycles. The number of rotatable bonds is 7. The quantitative estimate of drug-likeness (QED) is 0.807. The number of hydrogen-bond acceptors (Lipinski definition) is 6. The van der Waals surface area contributed by atoms with E-state index in [9.17, 15) is 4.79 Å². The third kappa shape index (κ3) is 4.40. The lowest BCUT2D eigenvalue weighted by Crippen LogP contribution is -2.40. The van der Waals surface area contributed by atoms with Crippen molar-refractivity contribution in [3.05, 3.63) is 40.4 Å². The van der Waals surface area contributed by atoms with Gasteiger partial charge in [-0.15, -0.1) is 5.10 Å². The van der Waals surface area contributed by atoms with Crippen molar-refractivity contribution < 1.29 is 9.53 Å². The Hall–Kier alpha value is -1.99. The average Bonchev–Trinajstić information content (AvgIpc) is 3.18. The van der Waals surface area contributed by atoms with E-state index in [-0.39, 0.29) is 11.9 Å². The van der Waals surface area contributed by atoms with E-state index in [2.05, 4.69) is 31.9 Å². The molecular formula is C19H26N4O2S. The maximum atomic E-state index is 12.6. The van der Waals surface area contributed by atoms with Gasteiger partial charge in [0.2, 0.25) is 0 Å². The van der Waals surface area contributed by atoms with E-state index < -0.39 is 0 Å². The summed E-state index contributed by atoms with van der Waals surface area (Å²) in [6.45, 7) is 4.69. The van der Waals surface area contributed by atoms with Crippen LogP contribution >= 0.6 is 11.5 Å². The molecule has 1 aliphatic heterocycles. The van der Waals surface area contributed by atoms with Gasteiger partial charge in [-0.3, -0.25) is 9.69 Å². The van der Waals surface area contributed by atoms with Gasteiger partial charge < -0.3 is 10.1 Å². The molecule has 1 aromatic heterocycles. The molecule has 1 fully saturated rings. The number of ether oxygens (including phenoxy) is 1. The molecule has 26 heavy (non-hydrogen) atoms. The van der Waals surface area contributed by atoms with Gasteiger partial charge in [-0.1, -0.05) is 30.0 Å². The molecule has 0 bridgehead atoms. The first-order valence-electron chi connectivity index (χ1n) is 9.20. The number of hydrogen-bond donors (Lipinski definition) is 1. The fourth-order valence-corrected chi connectivity index (χ4v) is 4.06. The van der Waals surface area contributed by atoms with Gasteiger partial charge >= 0.3 is 0 Å². The summed E-state index contributed by atoms with van der Waals surface area (Å²) in [5.41, 5.74) is 1.97. The maximum Gasteiger partial charge on any atom is 0.265 e. The van der Waals surface area contributed by atoms with Gasteiger partial charge in [-0.2, -0.15) is 0 Å². The van der Waals surface area contributed by atoms with E-state index in [0.717, 1.165) is 24.5 Å². The monoisotopic (exact) mass is 374 g/mol. The van der Waals surface area contributed by atoms with Crippen LogP contribution in [0.1, 0.15) is 53.2 Å². The van der Waals surface area contributed by atoms with Gasteiger partial charge in [0.05, 0.1) is 18.8 Å². The Kier molecular flexibility index (Phi) is 6.57. The summed E-state index contributed by atoms with van der Waals surface area (Å²) in [5, 5.41) is 7.14. The number of aryl methyl sites for hydroxylation is 1. The second-order valence-electron chi connectivity index (χ2n) is 6.50. The first-order chi connectivity index (χ1) is 12.7. The number of aromatic nitrogens is 2. The van der Waals surface area contributed by atoms with E-state index in [1.807, 2.05) is 19.1 Å². The summed E-state index contributed by atoms with van der Waals surface area (Å²) in [6.07, 6.45) is 4.41. The zero-order chi connectivity index (χ0) is 18.4. The van der Waals surface area contributed by atoms with Gasteiger partial charge in [0.25, 0.3) is 5.91 Å². The minimum Gasteiger partial charge on any atom is -0.497 e. The van der Waals surface area contributed by atoms with E-state index in [1.165, 1.54) is 36.4 Å². The molecule has 7 heteroatoms. The highest BCUT2D eigenvalue weighted by atomic mass is 32.1. The van der Waals surface area contributed by atoms with Gasteiger partial charge in [-0.05, 0) is 61.6 Å². The summed E-state index contributed by atoms with van der Waals surface area (Å²) >= 11 is 1.17. The molecule has 0 aliphatic carbocycles. The molecule has 0 saturated carbocycles. The fourth-order valence-electron chi connectivity index (χ4n) is 3.40. The molecule has 1 unspecified atom stereocenters. The third-order valence-corrected chi connectivity index (χ3v) is 5.65. The van der Waals surface area contributed by atoms with Crippen molar-refractivity contribution in [1.29, 1.82) is 0 Å². The highest BCUT2D eigenvalue weighted by molar-refractivity contribution is 7.08. The minimum atomic E-state index is -0.0765. The largest absolute Gasteiger partial charge is 0.497 e. The standard InChI is InChI=1S/C19H26N4O2S/c1-3-16-18(26-22-21-16)19(24)20-13-17(23-11-5-4-6-12-23)14-7-9-15(25-2)10-8-14/h7-10,17H,3-6,11-13H2,1-2H3,(H,20,24). The highest BCUT2D eigenvalue weighted by Crippen LogP contribution is 2.26. The first-order valence-corrected chi connectivity index (χ1v) is 9.97. The number of carbonyl (C=O) groups excluding carboxylic acids is 1. The molecule has 1 amide bonds. The predicted octanol–water partition coefficient (Wildman–Crippen LogP) is 3.07. The first kappa shape index (κ1) is 18.8. The second kappa shape index (κ2) is 9.09. The van der Waals surface area contributed by atoms with Crippen LogP contribution in [0.3, 0.4) is 0 Å². The molecule has 6 nitrogen and oxygen atoms in total. The molecule has 0 spiro atoms. The number of nitrogens with zero attached hydrogens (tertiary/aromatic N) is 3. The predicted molar refractivity (Wildman–Crippen MR) is 103 cm³/mol. The Labute approximate surface area is 158 Å². The number of piperidine rings is 1. The lowest BCUT2D eigenvalue weighted by Gasteiger charge is -2.35. The number of carbonyl (C=O) groups is 1. The Morgan fingerprint density at radius 2 is 2.00 bits per heavy atom. The molecule has 1 aromatic carbocycles. The summed E-state index contributed by atoms with van der Waals surface area (Å²) in [5.74, 6) is 0.769. The van der Waals surface area contributed by atoms with Crippen molar-refractivity contribution >= 4 is 17.4 Å². The summed E-state index contributed by atoms with van der Waals surface area (Å²) in [6, 6.07) is 8.31. The minimum absolute atomic E-state index is 0.0765. The van der Waals surface area contributed by atoms with Crippen LogP contribution in [0, 0.1) is 0 Å². The van der Waals surface area contributed by atoms with Gasteiger partial charge in [0, 0.05) is 6.54 Å². The highest BCUT2D eigenvalue weighted by Gasteiger charge is 2.24. The van der Waals surface area contributed by atoms with E-state index in [4.69, 9.17) is 4.74 Å². The van der Waals surface area contributed by atoms with Crippen LogP contribution in [0.25, 0.3) is 0 Å². The van der Waals surface area contributed by atoms with Crippen LogP contribution < -0.4 is 10.1 Å². The second-order valence-corrected chi connectivity index (χ2v) is 7.25. The van der Waals surface area contributed by atoms with Gasteiger partial charge in [-0.25, -0.2) is 0 Å². The van der Waals surface area contributed by atoms with E-state index in [0.29, 0.717) is 17.8 Å².